The van der Waals surface area contributed by atoms with Gasteiger partial charge in [-0.25, -0.2) is 4.39 Å². The van der Waals surface area contributed by atoms with Gasteiger partial charge in [0, 0.05) is 10.0 Å². The Balaban J connectivity index is 1.95. The van der Waals surface area contributed by atoms with E-state index in [4.69, 9.17) is 4.74 Å². The van der Waals surface area contributed by atoms with Crippen molar-refractivity contribution in [2.45, 2.75) is 6.10 Å². The molecule has 1 aliphatic heterocycles. The number of hydrogen-bond donors (Lipinski definition) is 1. The van der Waals surface area contributed by atoms with Gasteiger partial charge in [-0.05, 0) is 40.2 Å². The standard InChI is InChI=1S/C14H10Br2FNO/c15-8-4-5-9(11(17)6-8)13-7-18-12-3-1-2-10(16)14(12)19-13/h1-6,13,18H,7H2. The predicted molar refractivity (Wildman–Crippen MR) is 80.1 cm³/mol. The highest BCUT2D eigenvalue weighted by Crippen LogP contribution is 2.40. The van der Waals surface area contributed by atoms with Gasteiger partial charge < -0.3 is 10.1 Å². The summed E-state index contributed by atoms with van der Waals surface area (Å²) in [6.45, 7) is 0.544. The van der Waals surface area contributed by atoms with Gasteiger partial charge in [0.15, 0.2) is 5.75 Å². The molecule has 1 atom stereocenters. The Hall–Kier alpha value is -1.07. The fourth-order valence-corrected chi connectivity index (χ4v) is 2.88. The maximum atomic E-state index is 14.0. The first-order valence-corrected chi connectivity index (χ1v) is 7.38. The molecule has 0 fully saturated rings. The molecule has 5 heteroatoms. The summed E-state index contributed by atoms with van der Waals surface area (Å²) >= 11 is 6.70. The molecule has 1 N–H and O–H groups in total. The quantitative estimate of drug-likeness (QED) is 0.752. The molecule has 0 radical (unpaired) electrons. The Bertz CT molecular complexity index is 633. The van der Waals surface area contributed by atoms with Gasteiger partial charge >= 0.3 is 0 Å². The average Bonchev–Trinajstić information content (AvgIpc) is 2.39. The maximum Gasteiger partial charge on any atom is 0.157 e. The number of ether oxygens (including phenoxy) is 1. The lowest BCUT2D eigenvalue weighted by Crippen LogP contribution is -2.24. The van der Waals surface area contributed by atoms with Crippen LogP contribution in [0.1, 0.15) is 11.7 Å². The van der Waals surface area contributed by atoms with Crippen molar-refractivity contribution in [2.24, 2.45) is 0 Å². The van der Waals surface area contributed by atoms with Gasteiger partial charge in [0.05, 0.1) is 16.7 Å². The number of benzene rings is 2. The first-order valence-electron chi connectivity index (χ1n) is 5.79. The third-order valence-electron chi connectivity index (χ3n) is 3.01. The van der Waals surface area contributed by atoms with Crippen molar-refractivity contribution >= 4 is 37.5 Å². The summed E-state index contributed by atoms with van der Waals surface area (Å²) in [5.41, 5.74) is 1.47. The normalized spacial score (nSPS) is 17.3. The summed E-state index contributed by atoms with van der Waals surface area (Å²) in [7, 11) is 0. The third-order valence-corrected chi connectivity index (χ3v) is 4.13. The van der Waals surface area contributed by atoms with Crippen LogP contribution in [-0.4, -0.2) is 6.54 Å². The number of rotatable bonds is 1. The van der Waals surface area contributed by atoms with Gasteiger partial charge in [0.1, 0.15) is 11.9 Å². The van der Waals surface area contributed by atoms with Crippen molar-refractivity contribution < 1.29 is 9.13 Å². The van der Waals surface area contributed by atoms with Crippen LogP contribution >= 0.6 is 31.9 Å². The zero-order chi connectivity index (χ0) is 13.4. The first kappa shape index (κ1) is 12.9. The Morgan fingerprint density at radius 3 is 2.84 bits per heavy atom. The molecule has 0 spiro atoms. The Kier molecular flexibility index (Phi) is 3.50. The van der Waals surface area contributed by atoms with E-state index in [1.807, 2.05) is 24.3 Å². The topological polar surface area (TPSA) is 21.3 Å². The van der Waals surface area contributed by atoms with Gasteiger partial charge in [-0.2, -0.15) is 0 Å². The van der Waals surface area contributed by atoms with Crippen molar-refractivity contribution in [3.05, 3.63) is 56.7 Å². The lowest BCUT2D eigenvalue weighted by atomic mass is 10.1. The summed E-state index contributed by atoms with van der Waals surface area (Å²) in [5.74, 6) is 0.456. The molecule has 0 amide bonds. The van der Waals surface area contributed by atoms with E-state index in [1.54, 1.807) is 6.07 Å². The molecule has 0 bridgehead atoms. The van der Waals surface area contributed by atoms with Crippen LogP contribution < -0.4 is 10.1 Å². The highest BCUT2D eigenvalue weighted by Gasteiger charge is 2.24. The average molecular weight is 387 g/mol. The third kappa shape index (κ3) is 2.49. The maximum absolute atomic E-state index is 14.0. The number of halogens is 3. The molecule has 1 unspecified atom stereocenters. The fraction of sp³-hybridized carbons (Fsp3) is 0.143. The minimum Gasteiger partial charge on any atom is -0.480 e. The van der Waals surface area contributed by atoms with E-state index in [-0.39, 0.29) is 11.9 Å². The second-order valence-electron chi connectivity index (χ2n) is 4.27. The molecule has 0 aliphatic carbocycles. The van der Waals surface area contributed by atoms with E-state index in [1.165, 1.54) is 6.07 Å². The van der Waals surface area contributed by atoms with Crippen molar-refractivity contribution in [1.29, 1.82) is 0 Å². The first-order chi connectivity index (χ1) is 9.15. The minimum atomic E-state index is -0.334. The molecule has 2 aromatic rings. The molecule has 0 saturated heterocycles. The summed E-state index contributed by atoms with van der Waals surface area (Å²) in [6, 6.07) is 10.8. The Morgan fingerprint density at radius 2 is 2.05 bits per heavy atom. The van der Waals surface area contributed by atoms with E-state index in [0.717, 1.165) is 20.4 Å². The van der Waals surface area contributed by atoms with Gasteiger partial charge in [-0.3, -0.25) is 0 Å². The summed E-state index contributed by atoms with van der Waals surface area (Å²) < 4.78 is 21.4. The monoisotopic (exact) mass is 385 g/mol. The molecule has 2 aromatic carbocycles. The molecule has 0 aromatic heterocycles. The number of para-hydroxylation sites is 1. The molecule has 1 heterocycles. The SMILES string of the molecule is Fc1cc(Br)ccc1C1CNc2cccc(Br)c2O1. The van der Waals surface area contributed by atoms with Crippen molar-refractivity contribution in [3.63, 3.8) is 0 Å². The molecule has 19 heavy (non-hydrogen) atoms. The van der Waals surface area contributed by atoms with Crippen LogP contribution in [0.4, 0.5) is 10.1 Å². The summed E-state index contributed by atoms with van der Waals surface area (Å²) in [4.78, 5) is 0. The van der Waals surface area contributed by atoms with Crippen LogP contribution in [0.5, 0.6) is 5.75 Å². The van der Waals surface area contributed by atoms with Gasteiger partial charge in [-0.1, -0.05) is 28.1 Å². The number of anilines is 1. The number of nitrogens with one attached hydrogen (secondary N) is 1. The lowest BCUT2D eigenvalue weighted by Gasteiger charge is -2.28. The largest absolute Gasteiger partial charge is 0.480 e. The lowest BCUT2D eigenvalue weighted by molar-refractivity contribution is 0.204. The highest BCUT2D eigenvalue weighted by atomic mass is 79.9. The van der Waals surface area contributed by atoms with Gasteiger partial charge in [-0.15, -0.1) is 0 Å². The van der Waals surface area contributed by atoms with Crippen LogP contribution in [0.2, 0.25) is 0 Å². The molecule has 1 aliphatic rings. The molecule has 98 valence electrons. The highest BCUT2D eigenvalue weighted by molar-refractivity contribution is 9.10. The molecule has 2 nitrogen and oxygen atoms in total. The van der Waals surface area contributed by atoms with Crippen LogP contribution in [0.3, 0.4) is 0 Å². The van der Waals surface area contributed by atoms with E-state index < -0.39 is 0 Å². The van der Waals surface area contributed by atoms with Crippen molar-refractivity contribution in [1.82, 2.24) is 0 Å². The van der Waals surface area contributed by atoms with Gasteiger partial charge in [0.2, 0.25) is 0 Å². The summed E-state index contributed by atoms with van der Waals surface area (Å²) in [5, 5.41) is 3.26. The molecule has 3 rings (SSSR count). The van der Waals surface area contributed by atoms with Crippen LogP contribution in [0.15, 0.2) is 45.3 Å². The molecule has 0 saturated carbocycles. The molecular weight excluding hydrogens is 377 g/mol. The predicted octanol–water partition coefficient (Wildman–Crippen LogP) is 4.90. The van der Waals surface area contributed by atoms with Crippen molar-refractivity contribution in [2.75, 3.05) is 11.9 Å². The fourth-order valence-electron chi connectivity index (χ4n) is 2.09. The summed E-state index contributed by atoms with van der Waals surface area (Å²) in [6.07, 6.45) is -0.334. The van der Waals surface area contributed by atoms with E-state index >= 15 is 0 Å². The van der Waals surface area contributed by atoms with E-state index in [9.17, 15) is 4.39 Å². The Labute approximate surface area is 127 Å². The Morgan fingerprint density at radius 1 is 1.21 bits per heavy atom. The zero-order valence-corrected chi connectivity index (χ0v) is 13.0. The smallest absolute Gasteiger partial charge is 0.157 e. The van der Waals surface area contributed by atoms with Gasteiger partial charge in [0.25, 0.3) is 0 Å². The molecular formula is C14H10Br2FNO. The van der Waals surface area contributed by atoms with Crippen molar-refractivity contribution in [3.8, 4) is 5.75 Å². The second-order valence-corrected chi connectivity index (χ2v) is 6.04. The zero-order valence-electron chi connectivity index (χ0n) is 9.79. The second kappa shape index (κ2) is 5.13. The van der Waals surface area contributed by atoms with Crippen LogP contribution in [0, 0.1) is 5.82 Å². The van der Waals surface area contributed by atoms with Crippen LogP contribution in [-0.2, 0) is 0 Å². The van der Waals surface area contributed by atoms with E-state index in [2.05, 4.69) is 37.2 Å². The number of fused-ring (bicyclic) bond motifs is 1. The number of hydrogen-bond acceptors (Lipinski definition) is 2. The minimum absolute atomic E-state index is 0.267. The van der Waals surface area contributed by atoms with E-state index in [0.29, 0.717) is 12.1 Å². The van der Waals surface area contributed by atoms with Crippen LogP contribution in [0.25, 0.3) is 0 Å².